The van der Waals surface area contributed by atoms with E-state index in [4.69, 9.17) is 20.9 Å². The van der Waals surface area contributed by atoms with Crippen molar-refractivity contribution in [3.63, 3.8) is 0 Å². The number of hydrogen-bond acceptors (Lipinski definition) is 6. The molecule has 9 nitrogen and oxygen atoms in total. The fourth-order valence-electron chi connectivity index (χ4n) is 4.02. The minimum atomic E-state index is -0.647. The van der Waals surface area contributed by atoms with Crippen molar-refractivity contribution in [2.24, 2.45) is 5.73 Å². The highest BCUT2D eigenvalue weighted by Crippen LogP contribution is 2.32. The van der Waals surface area contributed by atoms with Crippen molar-refractivity contribution in [2.45, 2.75) is 25.4 Å². The van der Waals surface area contributed by atoms with E-state index < -0.39 is 17.6 Å². The van der Waals surface area contributed by atoms with Crippen molar-refractivity contribution in [3.05, 3.63) is 65.0 Å². The van der Waals surface area contributed by atoms with Crippen molar-refractivity contribution in [3.8, 4) is 17.0 Å². The predicted octanol–water partition coefficient (Wildman–Crippen LogP) is 2.66. The Balaban J connectivity index is 1.52. The zero-order chi connectivity index (χ0) is 24.2. The number of carbonyl (C=O) groups is 2. The van der Waals surface area contributed by atoms with Gasteiger partial charge in [-0.3, -0.25) is 9.59 Å². The van der Waals surface area contributed by atoms with E-state index in [-0.39, 0.29) is 35.3 Å². The number of methoxy groups -OCH3 is 1. The van der Waals surface area contributed by atoms with E-state index in [0.29, 0.717) is 24.5 Å². The molecule has 0 radical (unpaired) electrons. The molecule has 0 unspecified atom stereocenters. The SMILES string of the molecule is COc1ccc(F)cc1C(=O)NCc1ccc(-c2nn(C3CCOCC3)c(N)c2C(N)=O)cc1. The summed E-state index contributed by atoms with van der Waals surface area (Å²) < 4.78 is 25.8. The van der Waals surface area contributed by atoms with Crippen LogP contribution in [0.4, 0.5) is 10.2 Å². The fraction of sp³-hybridized carbons (Fsp3) is 0.292. The lowest BCUT2D eigenvalue weighted by molar-refractivity contribution is 0.0669. The first-order valence-corrected chi connectivity index (χ1v) is 10.9. The van der Waals surface area contributed by atoms with Gasteiger partial charge in [0.25, 0.3) is 11.8 Å². The number of amides is 2. The molecule has 1 aromatic heterocycles. The molecule has 1 fully saturated rings. The lowest BCUT2D eigenvalue weighted by Gasteiger charge is -2.23. The molecule has 34 heavy (non-hydrogen) atoms. The van der Waals surface area contributed by atoms with Crippen molar-refractivity contribution in [1.29, 1.82) is 0 Å². The van der Waals surface area contributed by atoms with Crippen molar-refractivity contribution < 1.29 is 23.5 Å². The van der Waals surface area contributed by atoms with Gasteiger partial charge in [-0.05, 0) is 36.6 Å². The molecule has 10 heteroatoms. The molecule has 0 saturated carbocycles. The number of primary amides is 1. The summed E-state index contributed by atoms with van der Waals surface area (Å²) >= 11 is 0. The number of benzene rings is 2. The number of nitrogen functional groups attached to an aromatic ring is 1. The van der Waals surface area contributed by atoms with Gasteiger partial charge < -0.3 is 26.3 Å². The maximum atomic E-state index is 13.6. The number of nitrogens with zero attached hydrogens (tertiary/aromatic N) is 2. The summed E-state index contributed by atoms with van der Waals surface area (Å²) in [5, 5.41) is 7.36. The third-order valence-corrected chi connectivity index (χ3v) is 5.82. The van der Waals surface area contributed by atoms with Crippen LogP contribution in [0.25, 0.3) is 11.3 Å². The van der Waals surface area contributed by atoms with Crippen LogP contribution in [-0.4, -0.2) is 41.9 Å². The molecule has 0 bridgehead atoms. The van der Waals surface area contributed by atoms with E-state index in [1.165, 1.54) is 19.2 Å². The predicted molar refractivity (Wildman–Crippen MR) is 124 cm³/mol. The molecule has 2 amide bonds. The van der Waals surface area contributed by atoms with Gasteiger partial charge in [0.05, 0.1) is 18.7 Å². The van der Waals surface area contributed by atoms with Crippen LogP contribution in [0.2, 0.25) is 0 Å². The molecule has 178 valence electrons. The minimum absolute atomic E-state index is 0.0369. The average Bonchev–Trinajstić information content (AvgIpc) is 3.20. The smallest absolute Gasteiger partial charge is 0.255 e. The lowest BCUT2D eigenvalue weighted by Crippen LogP contribution is -2.23. The first kappa shape index (κ1) is 23.2. The number of nitrogens with two attached hydrogens (primary N) is 2. The monoisotopic (exact) mass is 467 g/mol. The first-order valence-electron chi connectivity index (χ1n) is 10.9. The molecule has 1 aliphatic heterocycles. The van der Waals surface area contributed by atoms with Crippen LogP contribution in [0, 0.1) is 5.82 Å². The molecule has 4 rings (SSSR count). The van der Waals surface area contributed by atoms with Crippen LogP contribution >= 0.6 is 0 Å². The van der Waals surface area contributed by atoms with Crippen molar-refractivity contribution in [2.75, 3.05) is 26.1 Å². The van der Waals surface area contributed by atoms with Crippen LogP contribution in [0.5, 0.6) is 5.75 Å². The Hall–Kier alpha value is -3.92. The van der Waals surface area contributed by atoms with Crippen molar-refractivity contribution >= 4 is 17.6 Å². The molecule has 0 aliphatic carbocycles. The van der Waals surface area contributed by atoms with E-state index in [1.54, 1.807) is 28.9 Å². The molecular weight excluding hydrogens is 441 g/mol. The highest BCUT2D eigenvalue weighted by atomic mass is 19.1. The Bertz CT molecular complexity index is 1200. The van der Waals surface area contributed by atoms with Gasteiger partial charge >= 0.3 is 0 Å². The summed E-state index contributed by atoms with van der Waals surface area (Å²) in [4.78, 5) is 24.7. The zero-order valence-electron chi connectivity index (χ0n) is 18.7. The number of anilines is 1. The molecule has 0 spiro atoms. The Labute approximate surface area is 195 Å². The number of ether oxygens (including phenoxy) is 2. The summed E-state index contributed by atoms with van der Waals surface area (Å²) in [6.07, 6.45) is 1.50. The maximum Gasteiger partial charge on any atom is 0.255 e. The van der Waals surface area contributed by atoms with Crippen LogP contribution in [0.1, 0.15) is 45.2 Å². The van der Waals surface area contributed by atoms with E-state index >= 15 is 0 Å². The summed E-state index contributed by atoms with van der Waals surface area (Å²) in [5.41, 5.74) is 14.0. The third kappa shape index (κ3) is 4.72. The first-order chi connectivity index (χ1) is 16.4. The van der Waals surface area contributed by atoms with E-state index in [2.05, 4.69) is 10.4 Å². The number of carbonyl (C=O) groups excluding carboxylic acids is 2. The summed E-state index contributed by atoms with van der Waals surface area (Å²) in [7, 11) is 1.42. The van der Waals surface area contributed by atoms with E-state index in [1.807, 2.05) is 0 Å². The van der Waals surface area contributed by atoms with Crippen LogP contribution in [0.3, 0.4) is 0 Å². The van der Waals surface area contributed by atoms with Crippen LogP contribution in [0.15, 0.2) is 42.5 Å². The van der Waals surface area contributed by atoms with Gasteiger partial charge in [0, 0.05) is 25.3 Å². The van der Waals surface area contributed by atoms with Gasteiger partial charge in [-0.2, -0.15) is 5.10 Å². The molecule has 5 N–H and O–H groups in total. The van der Waals surface area contributed by atoms with Gasteiger partial charge in [0.2, 0.25) is 0 Å². The Morgan fingerprint density at radius 2 is 1.91 bits per heavy atom. The Kier molecular flexibility index (Phi) is 6.78. The zero-order valence-corrected chi connectivity index (χ0v) is 18.7. The normalized spacial score (nSPS) is 14.1. The topological polar surface area (TPSA) is 134 Å². The van der Waals surface area contributed by atoms with Crippen molar-refractivity contribution in [1.82, 2.24) is 15.1 Å². The van der Waals surface area contributed by atoms with E-state index in [9.17, 15) is 14.0 Å². The van der Waals surface area contributed by atoms with Gasteiger partial charge in [0.15, 0.2) is 0 Å². The molecule has 1 aliphatic rings. The number of rotatable bonds is 7. The second kappa shape index (κ2) is 9.92. The Morgan fingerprint density at radius 3 is 2.56 bits per heavy atom. The summed E-state index contributed by atoms with van der Waals surface area (Å²) in [6, 6.07) is 11.0. The number of aromatic nitrogens is 2. The van der Waals surface area contributed by atoms with Gasteiger partial charge in [-0.25, -0.2) is 9.07 Å². The van der Waals surface area contributed by atoms with E-state index in [0.717, 1.165) is 24.5 Å². The maximum absolute atomic E-state index is 13.6. The van der Waals surface area contributed by atoms with Crippen LogP contribution in [-0.2, 0) is 11.3 Å². The standard InChI is InChI=1S/C24H26FN5O4/c1-33-19-7-6-16(25)12-18(19)24(32)28-13-14-2-4-15(5-3-14)21-20(23(27)31)22(26)30(29-21)17-8-10-34-11-9-17/h2-7,12,17H,8-11,13,26H2,1H3,(H2,27,31)(H,28,32). The molecule has 1 saturated heterocycles. The number of nitrogens with one attached hydrogen (secondary N) is 1. The molecular formula is C24H26FN5O4. The van der Waals surface area contributed by atoms with Gasteiger partial charge in [-0.1, -0.05) is 24.3 Å². The number of halogens is 1. The summed E-state index contributed by atoms with van der Waals surface area (Å²) in [6.45, 7) is 1.42. The third-order valence-electron chi connectivity index (χ3n) is 5.82. The quantitative estimate of drug-likeness (QED) is 0.489. The second-order valence-corrected chi connectivity index (χ2v) is 7.99. The minimum Gasteiger partial charge on any atom is -0.496 e. The largest absolute Gasteiger partial charge is 0.496 e. The molecule has 2 aromatic carbocycles. The van der Waals surface area contributed by atoms with Gasteiger partial charge in [-0.15, -0.1) is 0 Å². The van der Waals surface area contributed by atoms with Gasteiger partial charge in [0.1, 0.15) is 28.6 Å². The Morgan fingerprint density at radius 1 is 1.21 bits per heavy atom. The lowest BCUT2D eigenvalue weighted by atomic mass is 10.0. The molecule has 2 heterocycles. The fourth-order valence-corrected chi connectivity index (χ4v) is 4.02. The molecule has 3 aromatic rings. The highest BCUT2D eigenvalue weighted by molar-refractivity contribution is 6.03. The summed E-state index contributed by atoms with van der Waals surface area (Å²) in [5.74, 6) is -1.11. The molecule has 0 atom stereocenters. The number of hydrogen-bond donors (Lipinski definition) is 3. The highest BCUT2D eigenvalue weighted by Gasteiger charge is 2.26. The average molecular weight is 468 g/mol. The second-order valence-electron chi connectivity index (χ2n) is 7.99. The van der Waals surface area contributed by atoms with Crippen LogP contribution < -0.4 is 21.5 Å².